The number of benzene rings is 2. The van der Waals surface area contributed by atoms with Crippen molar-refractivity contribution < 1.29 is 9.47 Å². The summed E-state index contributed by atoms with van der Waals surface area (Å²) in [4.78, 5) is 11.3. The summed E-state index contributed by atoms with van der Waals surface area (Å²) >= 11 is 0. The Bertz CT molecular complexity index is 1110. The van der Waals surface area contributed by atoms with E-state index in [1.165, 1.54) is 26.1 Å². The Hall–Kier alpha value is -3.75. The van der Waals surface area contributed by atoms with Gasteiger partial charge in [-0.15, -0.1) is 0 Å². The van der Waals surface area contributed by atoms with Crippen LogP contribution < -0.4 is 14.4 Å². The van der Waals surface area contributed by atoms with Crippen LogP contribution in [0, 0.1) is 16.9 Å². The molecule has 160 valence electrons. The minimum absolute atomic E-state index is 0.0159. The van der Waals surface area contributed by atoms with Crippen molar-refractivity contribution in [2.24, 2.45) is 11.1 Å². The third kappa shape index (κ3) is 4.40. The number of hydrogen-bond donors (Lipinski definition) is 2. The van der Waals surface area contributed by atoms with Crippen molar-refractivity contribution in [2.45, 2.75) is 12.8 Å². The van der Waals surface area contributed by atoms with Crippen molar-refractivity contribution in [3.8, 4) is 11.5 Å². The second-order valence-electron chi connectivity index (χ2n) is 7.53. The molecule has 3 aromatic rings. The first kappa shape index (κ1) is 20.5. The van der Waals surface area contributed by atoms with Gasteiger partial charge in [-0.1, -0.05) is 5.22 Å². The summed E-state index contributed by atoms with van der Waals surface area (Å²) in [5, 5.41) is 12.5. The molecular weight excluding hydrogens is 394 g/mol. The first-order valence-electron chi connectivity index (χ1n) is 10.00. The topological polar surface area (TPSA) is 111 Å². The average molecular weight is 419 g/mol. The number of ether oxygens (including phenoxy) is 2. The van der Waals surface area contributed by atoms with E-state index < -0.39 is 0 Å². The van der Waals surface area contributed by atoms with Crippen molar-refractivity contribution in [1.82, 2.24) is 15.0 Å². The Labute approximate surface area is 180 Å². The molecule has 1 aliphatic rings. The highest BCUT2D eigenvalue weighted by Crippen LogP contribution is 2.38. The van der Waals surface area contributed by atoms with E-state index in [2.05, 4.69) is 20.1 Å². The maximum atomic E-state index is 8.15. The highest BCUT2D eigenvalue weighted by molar-refractivity contribution is 5.95. The zero-order chi connectivity index (χ0) is 22.0. The van der Waals surface area contributed by atoms with Gasteiger partial charge in [-0.25, -0.2) is 9.99 Å². The normalized spacial score (nSPS) is 13.0. The highest BCUT2D eigenvalue weighted by atomic mass is 16.5. The lowest BCUT2D eigenvalue weighted by Gasteiger charge is -2.26. The second kappa shape index (κ2) is 8.55. The van der Waals surface area contributed by atoms with Gasteiger partial charge in [0.25, 0.3) is 0 Å². The number of rotatable bonds is 8. The van der Waals surface area contributed by atoms with Crippen molar-refractivity contribution >= 4 is 28.2 Å². The van der Waals surface area contributed by atoms with Crippen molar-refractivity contribution in [3.63, 3.8) is 0 Å². The van der Waals surface area contributed by atoms with E-state index in [1.54, 1.807) is 14.2 Å². The highest BCUT2D eigenvalue weighted by Gasteiger charge is 2.26. The lowest BCUT2D eigenvalue weighted by molar-refractivity contribution is 0.394. The lowest BCUT2D eigenvalue weighted by Crippen LogP contribution is -2.22. The van der Waals surface area contributed by atoms with E-state index in [0.717, 1.165) is 39.9 Å². The fourth-order valence-corrected chi connectivity index (χ4v) is 3.36. The van der Waals surface area contributed by atoms with Gasteiger partial charge in [0.1, 0.15) is 17.2 Å². The van der Waals surface area contributed by atoms with E-state index in [9.17, 15) is 0 Å². The van der Waals surface area contributed by atoms with Crippen molar-refractivity contribution in [2.75, 3.05) is 32.7 Å². The van der Waals surface area contributed by atoms with Crippen LogP contribution in [0.4, 0.5) is 11.4 Å². The molecule has 0 radical (unpaired) electrons. The molecule has 0 saturated heterocycles. The van der Waals surface area contributed by atoms with E-state index in [0.29, 0.717) is 17.1 Å². The van der Waals surface area contributed by atoms with Crippen molar-refractivity contribution in [1.29, 1.82) is 10.9 Å². The molecule has 1 aliphatic carbocycles. The van der Waals surface area contributed by atoms with Crippen LogP contribution in [0.2, 0.25) is 0 Å². The van der Waals surface area contributed by atoms with Gasteiger partial charge >= 0.3 is 0 Å². The Morgan fingerprint density at radius 3 is 2.39 bits per heavy atom. The predicted octanol–water partition coefficient (Wildman–Crippen LogP) is 4.40. The third-order valence-corrected chi connectivity index (χ3v) is 5.34. The molecule has 0 amide bonds. The first-order valence-corrected chi connectivity index (χ1v) is 10.00. The monoisotopic (exact) mass is 419 g/mol. The van der Waals surface area contributed by atoms with Gasteiger partial charge in [0.2, 0.25) is 0 Å². The average Bonchev–Trinajstić information content (AvgIpc) is 3.64. The molecular formula is C22H25N7O2. The van der Waals surface area contributed by atoms with Gasteiger partial charge in [-0.2, -0.15) is 5.53 Å². The zero-order valence-corrected chi connectivity index (χ0v) is 17.8. The summed E-state index contributed by atoms with van der Waals surface area (Å²) in [5.74, 6) is 2.12. The summed E-state index contributed by atoms with van der Waals surface area (Å²) in [6, 6.07) is 11.8. The Kier molecular flexibility index (Phi) is 5.66. The molecule has 0 spiro atoms. The van der Waals surface area contributed by atoms with Gasteiger partial charge in [0, 0.05) is 43.2 Å². The molecule has 4 rings (SSSR count). The molecule has 1 saturated carbocycles. The molecule has 0 atom stereocenters. The minimum Gasteiger partial charge on any atom is -0.497 e. The molecule has 0 bridgehead atoms. The summed E-state index contributed by atoms with van der Waals surface area (Å²) < 4.78 is 10.9. The SMILES string of the molecule is COc1cc(OC)cc(N(CC2CC2)c2ccc3ncc(C(=N)N(C)N=N)nc3c2)c1. The molecule has 1 fully saturated rings. The number of methoxy groups -OCH3 is 2. The molecule has 9 nitrogen and oxygen atoms in total. The van der Waals surface area contributed by atoms with E-state index in [-0.39, 0.29) is 5.84 Å². The van der Waals surface area contributed by atoms with Gasteiger partial charge in [0.05, 0.1) is 31.4 Å². The second-order valence-corrected chi connectivity index (χ2v) is 7.53. The molecule has 1 heterocycles. The molecule has 9 heteroatoms. The molecule has 1 aromatic heterocycles. The number of nitrogens with zero attached hydrogens (tertiary/aromatic N) is 5. The number of fused-ring (bicyclic) bond motifs is 1. The van der Waals surface area contributed by atoms with Crippen LogP contribution in [-0.2, 0) is 0 Å². The van der Waals surface area contributed by atoms with E-state index in [4.69, 9.17) is 20.4 Å². The van der Waals surface area contributed by atoms with Crippen LogP contribution in [0.15, 0.2) is 47.8 Å². The van der Waals surface area contributed by atoms with Gasteiger partial charge in [0.15, 0.2) is 5.84 Å². The van der Waals surface area contributed by atoms with Crippen LogP contribution in [-0.4, -0.2) is 48.6 Å². The van der Waals surface area contributed by atoms with Crippen LogP contribution in [0.25, 0.3) is 11.0 Å². The predicted molar refractivity (Wildman–Crippen MR) is 119 cm³/mol. The third-order valence-electron chi connectivity index (χ3n) is 5.34. The van der Waals surface area contributed by atoms with Crippen molar-refractivity contribution in [3.05, 3.63) is 48.3 Å². The summed E-state index contributed by atoms with van der Waals surface area (Å²) in [6.07, 6.45) is 3.96. The maximum absolute atomic E-state index is 8.15. The molecule has 31 heavy (non-hydrogen) atoms. The van der Waals surface area contributed by atoms with Crippen LogP contribution in [0.5, 0.6) is 11.5 Å². The van der Waals surface area contributed by atoms with Crippen LogP contribution in [0.3, 0.4) is 0 Å². The van der Waals surface area contributed by atoms with E-state index in [1.807, 2.05) is 36.4 Å². The number of anilines is 2. The minimum atomic E-state index is 0.0159. The Morgan fingerprint density at radius 1 is 1.06 bits per heavy atom. The lowest BCUT2D eigenvalue weighted by atomic mass is 10.2. The van der Waals surface area contributed by atoms with Gasteiger partial charge < -0.3 is 14.4 Å². The fourth-order valence-electron chi connectivity index (χ4n) is 3.36. The zero-order valence-electron chi connectivity index (χ0n) is 17.8. The quantitative estimate of drug-likeness (QED) is 0.242. The largest absolute Gasteiger partial charge is 0.497 e. The summed E-state index contributed by atoms with van der Waals surface area (Å²) in [5.41, 5.74) is 10.8. The Balaban J connectivity index is 1.77. The number of hydrogen-bond acceptors (Lipinski definition) is 8. The van der Waals surface area contributed by atoms with Crippen LogP contribution >= 0.6 is 0 Å². The number of amidine groups is 1. The molecule has 2 aromatic carbocycles. The van der Waals surface area contributed by atoms with Crippen LogP contribution in [0.1, 0.15) is 18.5 Å². The molecule has 0 aliphatic heterocycles. The summed E-state index contributed by atoms with van der Waals surface area (Å²) in [7, 11) is 4.82. The molecule has 0 unspecified atom stereocenters. The number of aromatic nitrogens is 2. The van der Waals surface area contributed by atoms with Gasteiger partial charge in [-0.05, 0) is 37.0 Å². The number of nitrogens with one attached hydrogen (secondary N) is 2. The van der Waals surface area contributed by atoms with Gasteiger partial charge in [-0.3, -0.25) is 10.4 Å². The molecule has 2 N–H and O–H groups in total. The Morgan fingerprint density at radius 2 is 1.77 bits per heavy atom. The standard InChI is InChI=1S/C22H25N7O2/c1-28(27-24)22(23)21-12-25-19-7-6-15(10-20(19)26-21)29(13-14-4-5-14)16-8-17(30-2)11-18(9-16)31-3/h6-12,14,23-24H,4-5,13H2,1-3H3. The fraction of sp³-hybridized carbons (Fsp3) is 0.318. The summed E-state index contributed by atoms with van der Waals surface area (Å²) in [6.45, 7) is 0.880. The first-order chi connectivity index (χ1) is 15.0. The smallest absolute Gasteiger partial charge is 0.170 e. The maximum Gasteiger partial charge on any atom is 0.170 e. The van der Waals surface area contributed by atoms with E-state index >= 15 is 0 Å².